The first-order valence-electron chi connectivity index (χ1n) is 9.54. The molecule has 0 aliphatic carbocycles. The van der Waals surface area contributed by atoms with Gasteiger partial charge in [-0.15, -0.1) is 0 Å². The van der Waals surface area contributed by atoms with Crippen molar-refractivity contribution in [1.82, 2.24) is 4.57 Å². The third kappa shape index (κ3) is 4.80. The molecule has 4 nitrogen and oxygen atoms in total. The van der Waals surface area contributed by atoms with Gasteiger partial charge in [-0.05, 0) is 51.0 Å². The van der Waals surface area contributed by atoms with E-state index in [0.29, 0.717) is 5.56 Å². The average Bonchev–Trinajstić information content (AvgIpc) is 2.99. The number of rotatable bonds is 8. The summed E-state index contributed by atoms with van der Waals surface area (Å²) in [5.74, 6) is -0.951. The number of nitrogens with zero attached hydrogens (tertiary/aromatic N) is 1. The van der Waals surface area contributed by atoms with E-state index in [1.165, 1.54) is 24.6 Å². The second-order valence-electron chi connectivity index (χ2n) is 7.08. The number of aryl methyl sites for hydroxylation is 2. The average molecular weight is 393 g/mol. The van der Waals surface area contributed by atoms with E-state index in [4.69, 9.17) is 4.74 Å². The predicted molar refractivity (Wildman–Crippen MR) is 110 cm³/mol. The molecule has 0 fully saturated rings. The van der Waals surface area contributed by atoms with E-state index in [2.05, 4.69) is 16.7 Å². The molecule has 0 spiro atoms. The monoisotopic (exact) mass is 393 g/mol. The molecule has 150 valence electrons. The van der Waals surface area contributed by atoms with Crippen LogP contribution in [0.3, 0.4) is 0 Å². The van der Waals surface area contributed by atoms with Gasteiger partial charge in [0.1, 0.15) is 11.6 Å². The lowest BCUT2D eigenvalue weighted by Crippen LogP contribution is -2.13. The fourth-order valence-corrected chi connectivity index (χ4v) is 3.41. The molecule has 3 aromatic rings. The van der Waals surface area contributed by atoms with Gasteiger partial charge in [0.15, 0.2) is 12.4 Å². The van der Waals surface area contributed by atoms with E-state index in [9.17, 15) is 14.0 Å². The summed E-state index contributed by atoms with van der Waals surface area (Å²) in [6.45, 7) is 5.80. The van der Waals surface area contributed by atoms with Crippen LogP contribution in [0.2, 0.25) is 0 Å². The van der Waals surface area contributed by atoms with Gasteiger partial charge in [0.25, 0.3) is 0 Å². The first kappa shape index (κ1) is 20.5. The van der Waals surface area contributed by atoms with Gasteiger partial charge < -0.3 is 9.30 Å². The zero-order chi connectivity index (χ0) is 21.0. The van der Waals surface area contributed by atoms with E-state index in [-0.39, 0.29) is 29.5 Å². The van der Waals surface area contributed by atoms with Crippen LogP contribution in [-0.2, 0) is 13.0 Å². The summed E-state index contributed by atoms with van der Waals surface area (Å²) < 4.78 is 21.5. The molecule has 0 amide bonds. The molecule has 5 heteroatoms. The zero-order valence-electron chi connectivity index (χ0n) is 16.9. The standard InChI is InChI=1S/C24H24FNO3/c1-16-13-22(17(2)26(16)12-11-19-7-5-4-6-8-19)24(28)15-29-20-9-10-21(18(3)27)23(25)14-20/h4-10,13-14H,11-12,15H2,1-3H3. The van der Waals surface area contributed by atoms with E-state index < -0.39 is 5.82 Å². The van der Waals surface area contributed by atoms with Gasteiger partial charge in [-0.3, -0.25) is 9.59 Å². The number of ether oxygens (including phenoxy) is 1. The summed E-state index contributed by atoms with van der Waals surface area (Å²) in [7, 11) is 0. The summed E-state index contributed by atoms with van der Waals surface area (Å²) >= 11 is 0. The maximum Gasteiger partial charge on any atom is 0.202 e. The molecule has 0 unspecified atom stereocenters. The highest BCUT2D eigenvalue weighted by atomic mass is 19.1. The Morgan fingerprint density at radius 2 is 1.72 bits per heavy atom. The fourth-order valence-electron chi connectivity index (χ4n) is 3.41. The van der Waals surface area contributed by atoms with Crippen molar-refractivity contribution in [2.24, 2.45) is 0 Å². The first-order valence-corrected chi connectivity index (χ1v) is 9.54. The van der Waals surface area contributed by atoms with E-state index in [1.807, 2.05) is 38.1 Å². The Morgan fingerprint density at radius 1 is 1.00 bits per heavy atom. The van der Waals surface area contributed by atoms with Crippen LogP contribution in [0.25, 0.3) is 0 Å². The second-order valence-corrected chi connectivity index (χ2v) is 7.08. The highest BCUT2D eigenvalue weighted by molar-refractivity contribution is 5.98. The maximum atomic E-state index is 13.9. The van der Waals surface area contributed by atoms with Crippen molar-refractivity contribution in [3.05, 3.63) is 88.5 Å². The number of aromatic nitrogens is 1. The van der Waals surface area contributed by atoms with Crippen LogP contribution in [0, 0.1) is 19.7 Å². The summed E-state index contributed by atoms with van der Waals surface area (Å²) in [4.78, 5) is 24.0. The normalized spacial score (nSPS) is 10.8. The fraction of sp³-hybridized carbons (Fsp3) is 0.250. The second kappa shape index (κ2) is 8.86. The predicted octanol–water partition coefficient (Wildman–Crippen LogP) is 4.95. The largest absolute Gasteiger partial charge is 0.485 e. The maximum absolute atomic E-state index is 13.9. The third-order valence-corrected chi connectivity index (χ3v) is 5.03. The molecular weight excluding hydrogens is 369 g/mol. The van der Waals surface area contributed by atoms with Gasteiger partial charge in [-0.25, -0.2) is 4.39 Å². The molecule has 0 saturated heterocycles. The van der Waals surface area contributed by atoms with Crippen LogP contribution in [-0.4, -0.2) is 22.7 Å². The van der Waals surface area contributed by atoms with Crippen LogP contribution in [0.15, 0.2) is 54.6 Å². The third-order valence-electron chi connectivity index (χ3n) is 5.03. The van der Waals surface area contributed by atoms with Gasteiger partial charge in [-0.1, -0.05) is 30.3 Å². The Kier molecular flexibility index (Phi) is 6.27. The number of carbonyl (C=O) groups excluding carboxylic acids is 2. The van der Waals surface area contributed by atoms with Crippen LogP contribution >= 0.6 is 0 Å². The minimum absolute atomic E-state index is 0.00522. The van der Waals surface area contributed by atoms with E-state index in [0.717, 1.165) is 30.4 Å². The molecule has 0 saturated carbocycles. The molecule has 0 bridgehead atoms. The van der Waals surface area contributed by atoms with Crippen molar-refractivity contribution in [2.45, 2.75) is 33.7 Å². The Morgan fingerprint density at radius 3 is 2.38 bits per heavy atom. The molecule has 1 aromatic heterocycles. The molecule has 0 aliphatic rings. The summed E-state index contributed by atoms with van der Waals surface area (Å²) in [6, 6.07) is 16.1. The Bertz CT molecular complexity index is 1040. The smallest absolute Gasteiger partial charge is 0.202 e. The Hall–Kier alpha value is -3.21. The first-order chi connectivity index (χ1) is 13.9. The van der Waals surface area contributed by atoms with Gasteiger partial charge in [0.05, 0.1) is 5.56 Å². The molecule has 2 aromatic carbocycles. The number of hydrogen-bond donors (Lipinski definition) is 0. The quantitative estimate of drug-likeness (QED) is 0.509. The van der Waals surface area contributed by atoms with Crippen LogP contribution in [0.4, 0.5) is 4.39 Å². The van der Waals surface area contributed by atoms with Crippen molar-refractivity contribution in [3.63, 3.8) is 0 Å². The lowest BCUT2D eigenvalue weighted by atomic mass is 10.1. The molecule has 3 rings (SSSR count). The van der Waals surface area contributed by atoms with Crippen molar-refractivity contribution >= 4 is 11.6 Å². The van der Waals surface area contributed by atoms with Crippen LogP contribution in [0.5, 0.6) is 5.75 Å². The number of Topliss-reactive ketones (excluding diaryl/α,β-unsaturated/α-hetero) is 2. The van der Waals surface area contributed by atoms with Crippen molar-refractivity contribution in [2.75, 3.05) is 6.61 Å². The van der Waals surface area contributed by atoms with E-state index in [1.54, 1.807) is 0 Å². The number of hydrogen-bond acceptors (Lipinski definition) is 3. The molecule has 0 radical (unpaired) electrons. The number of halogens is 1. The highest BCUT2D eigenvalue weighted by Gasteiger charge is 2.17. The van der Waals surface area contributed by atoms with Crippen LogP contribution in [0.1, 0.15) is 44.6 Å². The molecule has 1 heterocycles. The van der Waals surface area contributed by atoms with Gasteiger partial charge in [0.2, 0.25) is 5.78 Å². The van der Waals surface area contributed by atoms with Gasteiger partial charge in [0, 0.05) is 29.6 Å². The van der Waals surface area contributed by atoms with Crippen molar-refractivity contribution in [3.8, 4) is 5.75 Å². The minimum Gasteiger partial charge on any atom is -0.485 e. The van der Waals surface area contributed by atoms with Gasteiger partial charge >= 0.3 is 0 Å². The highest BCUT2D eigenvalue weighted by Crippen LogP contribution is 2.20. The summed E-state index contributed by atoms with van der Waals surface area (Å²) in [6.07, 6.45) is 0.878. The summed E-state index contributed by atoms with van der Waals surface area (Å²) in [5, 5.41) is 0. The zero-order valence-corrected chi connectivity index (χ0v) is 16.9. The van der Waals surface area contributed by atoms with Gasteiger partial charge in [-0.2, -0.15) is 0 Å². The van der Waals surface area contributed by atoms with Crippen molar-refractivity contribution < 1.29 is 18.7 Å². The molecule has 29 heavy (non-hydrogen) atoms. The lowest BCUT2D eigenvalue weighted by molar-refractivity contribution is 0.0919. The summed E-state index contributed by atoms with van der Waals surface area (Å²) in [5.41, 5.74) is 3.76. The molecule has 0 N–H and O–H groups in total. The number of ketones is 2. The molecule has 0 atom stereocenters. The topological polar surface area (TPSA) is 48.3 Å². The lowest BCUT2D eigenvalue weighted by Gasteiger charge is -2.10. The van der Waals surface area contributed by atoms with E-state index >= 15 is 0 Å². The number of benzene rings is 2. The van der Waals surface area contributed by atoms with Crippen molar-refractivity contribution in [1.29, 1.82) is 0 Å². The number of carbonyl (C=O) groups is 2. The Balaban J connectivity index is 1.67. The molecular formula is C24H24FNO3. The molecule has 0 aliphatic heterocycles. The Labute approximate surface area is 169 Å². The SMILES string of the molecule is CC(=O)c1ccc(OCC(=O)c2cc(C)n(CCc3ccccc3)c2C)cc1F. The minimum atomic E-state index is -0.651. The van der Waals surface area contributed by atoms with Crippen LogP contribution < -0.4 is 4.74 Å².